The van der Waals surface area contributed by atoms with Crippen molar-refractivity contribution >= 4 is 12.0 Å². The fourth-order valence-corrected chi connectivity index (χ4v) is 0.740. The molecule has 0 aromatic rings. The number of nitrogens with one attached hydrogen (secondary N) is 2. The number of urea groups is 1. The molecule has 0 unspecified atom stereocenters. The molecule has 6 nitrogen and oxygen atoms in total. The normalized spacial score (nSPS) is 13.1. The molecule has 6 heteroatoms. The first-order valence-electron chi connectivity index (χ1n) is 4.64. The van der Waals surface area contributed by atoms with Crippen LogP contribution < -0.4 is 10.6 Å². The van der Waals surface area contributed by atoms with Crippen molar-refractivity contribution in [1.29, 1.82) is 0 Å². The molecule has 0 aromatic heterocycles. The topological polar surface area (TPSA) is 98.7 Å². The third kappa shape index (κ3) is 6.73. The number of aliphatic hydroxyl groups is 1. The predicted molar refractivity (Wildman–Crippen MR) is 54.5 cm³/mol. The van der Waals surface area contributed by atoms with Gasteiger partial charge in [-0.05, 0) is 5.41 Å². The van der Waals surface area contributed by atoms with Gasteiger partial charge in [-0.25, -0.2) is 9.59 Å². The summed E-state index contributed by atoms with van der Waals surface area (Å²) >= 11 is 0. The maximum Gasteiger partial charge on any atom is 0.328 e. The second kappa shape index (κ2) is 5.55. The van der Waals surface area contributed by atoms with Gasteiger partial charge in [-0.3, -0.25) is 0 Å². The first-order chi connectivity index (χ1) is 6.76. The van der Waals surface area contributed by atoms with Gasteiger partial charge >= 0.3 is 12.0 Å². The van der Waals surface area contributed by atoms with E-state index in [-0.39, 0.29) is 5.41 Å². The summed E-state index contributed by atoms with van der Waals surface area (Å²) in [6.07, 6.45) is 0. The summed E-state index contributed by atoms with van der Waals surface area (Å²) in [5.74, 6) is -1.26. The van der Waals surface area contributed by atoms with Crippen LogP contribution in [-0.4, -0.2) is 41.4 Å². The molecule has 4 N–H and O–H groups in total. The lowest BCUT2D eigenvalue weighted by Gasteiger charge is -2.20. The molecule has 0 fully saturated rings. The molecule has 0 aliphatic heterocycles. The van der Waals surface area contributed by atoms with E-state index in [1.54, 1.807) is 0 Å². The Morgan fingerprint density at radius 2 is 1.87 bits per heavy atom. The summed E-state index contributed by atoms with van der Waals surface area (Å²) in [6, 6.07) is -1.85. The van der Waals surface area contributed by atoms with Crippen LogP contribution in [0.2, 0.25) is 0 Å². The Morgan fingerprint density at radius 1 is 1.33 bits per heavy atom. The lowest BCUT2D eigenvalue weighted by atomic mass is 9.97. The Kier molecular flexibility index (Phi) is 5.07. The van der Waals surface area contributed by atoms with Crippen molar-refractivity contribution in [2.45, 2.75) is 26.8 Å². The van der Waals surface area contributed by atoms with E-state index in [0.29, 0.717) is 6.54 Å². The van der Waals surface area contributed by atoms with Crippen molar-refractivity contribution in [3.8, 4) is 0 Å². The van der Waals surface area contributed by atoms with Crippen molar-refractivity contribution in [1.82, 2.24) is 10.6 Å². The summed E-state index contributed by atoms with van der Waals surface area (Å²) in [5.41, 5.74) is -0.0741. The first-order valence-corrected chi connectivity index (χ1v) is 4.64. The lowest BCUT2D eigenvalue weighted by Crippen LogP contribution is -2.49. The second-order valence-electron chi connectivity index (χ2n) is 4.46. The van der Waals surface area contributed by atoms with Crippen LogP contribution in [0.1, 0.15) is 20.8 Å². The van der Waals surface area contributed by atoms with E-state index in [9.17, 15) is 9.59 Å². The highest BCUT2D eigenvalue weighted by Crippen LogP contribution is 2.09. The van der Waals surface area contributed by atoms with Gasteiger partial charge in [0.05, 0.1) is 6.61 Å². The van der Waals surface area contributed by atoms with Crippen molar-refractivity contribution in [3.05, 3.63) is 0 Å². The summed E-state index contributed by atoms with van der Waals surface area (Å²) in [6.45, 7) is 5.62. The number of carboxylic acids is 1. The standard InChI is InChI=1S/C9H18N2O4/c1-9(2,3)5-10-8(15)11-6(4-12)7(13)14/h6,12H,4-5H2,1-3H3,(H,13,14)(H2,10,11,15)/t6-/m0/s1. The van der Waals surface area contributed by atoms with Gasteiger partial charge < -0.3 is 20.8 Å². The van der Waals surface area contributed by atoms with Crippen molar-refractivity contribution in [2.24, 2.45) is 5.41 Å². The van der Waals surface area contributed by atoms with Crippen LogP contribution >= 0.6 is 0 Å². The van der Waals surface area contributed by atoms with Crippen LogP contribution in [0.3, 0.4) is 0 Å². The highest BCUT2D eigenvalue weighted by Gasteiger charge is 2.19. The Morgan fingerprint density at radius 3 is 2.20 bits per heavy atom. The molecular formula is C9H18N2O4. The average Bonchev–Trinajstić information content (AvgIpc) is 2.09. The molecule has 0 radical (unpaired) electrons. The highest BCUT2D eigenvalue weighted by atomic mass is 16.4. The van der Waals surface area contributed by atoms with Gasteiger partial charge in [0, 0.05) is 6.54 Å². The van der Waals surface area contributed by atoms with E-state index in [1.165, 1.54) is 0 Å². The van der Waals surface area contributed by atoms with E-state index in [2.05, 4.69) is 10.6 Å². The quantitative estimate of drug-likeness (QED) is 0.524. The predicted octanol–water partition coefficient (Wildman–Crippen LogP) is -0.223. The molecule has 0 saturated heterocycles. The molecule has 0 aliphatic carbocycles. The highest BCUT2D eigenvalue weighted by molar-refractivity contribution is 5.82. The van der Waals surface area contributed by atoms with Crippen LogP contribution in [0.15, 0.2) is 0 Å². The maximum atomic E-state index is 11.2. The van der Waals surface area contributed by atoms with Crippen molar-refractivity contribution < 1.29 is 19.8 Å². The van der Waals surface area contributed by atoms with Gasteiger partial charge in [0.1, 0.15) is 0 Å². The first kappa shape index (κ1) is 13.7. The fraction of sp³-hybridized carbons (Fsp3) is 0.778. The van der Waals surface area contributed by atoms with E-state index in [4.69, 9.17) is 10.2 Å². The van der Waals surface area contributed by atoms with Gasteiger partial charge in [0.2, 0.25) is 0 Å². The average molecular weight is 218 g/mol. The third-order valence-electron chi connectivity index (χ3n) is 1.57. The summed E-state index contributed by atoms with van der Waals surface area (Å²) in [7, 11) is 0. The number of aliphatic carboxylic acids is 1. The van der Waals surface area contributed by atoms with Crippen LogP contribution in [0.5, 0.6) is 0 Å². The molecule has 2 amide bonds. The molecule has 0 rings (SSSR count). The monoisotopic (exact) mass is 218 g/mol. The summed E-state index contributed by atoms with van der Waals surface area (Å²) < 4.78 is 0. The molecule has 0 aliphatic rings. The smallest absolute Gasteiger partial charge is 0.328 e. The number of hydrogen-bond acceptors (Lipinski definition) is 3. The molecule has 0 saturated carbocycles. The number of rotatable bonds is 4. The van der Waals surface area contributed by atoms with Crippen LogP contribution in [0, 0.1) is 5.41 Å². The van der Waals surface area contributed by atoms with Gasteiger partial charge in [-0.2, -0.15) is 0 Å². The minimum absolute atomic E-state index is 0.0741. The van der Waals surface area contributed by atoms with E-state index in [0.717, 1.165) is 0 Å². The van der Waals surface area contributed by atoms with Crippen LogP contribution in [-0.2, 0) is 4.79 Å². The second-order valence-corrected chi connectivity index (χ2v) is 4.46. The van der Waals surface area contributed by atoms with E-state index < -0.39 is 24.6 Å². The molecule has 1 atom stereocenters. The fourth-order valence-electron chi connectivity index (χ4n) is 0.740. The zero-order chi connectivity index (χ0) is 12.1. The number of hydrogen-bond donors (Lipinski definition) is 4. The largest absolute Gasteiger partial charge is 0.480 e. The Labute approximate surface area is 88.7 Å². The SMILES string of the molecule is CC(C)(C)CNC(=O)N[C@@H](CO)C(=O)O. The zero-order valence-corrected chi connectivity index (χ0v) is 9.20. The zero-order valence-electron chi connectivity index (χ0n) is 9.20. The molecule has 0 spiro atoms. The Bertz CT molecular complexity index is 235. The number of carboxylic acid groups (broad SMARTS) is 1. The molecule has 0 bridgehead atoms. The number of carbonyl (C=O) groups excluding carboxylic acids is 1. The minimum Gasteiger partial charge on any atom is -0.480 e. The molecule has 15 heavy (non-hydrogen) atoms. The van der Waals surface area contributed by atoms with E-state index in [1.807, 2.05) is 20.8 Å². The van der Waals surface area contributed by atoms with Crippen LogP contribution in [0.4, 0.5) is 4.79 Å². The molecule has 0 heterocycles. The number of aliphatic hydroxyl groups excluding tert-OH is 1. The summed E-state index contributed by atoms with van der Waals surface area (Å²) in [5, 5.41) is 21.9. The van der Waals surface area contributed by atoms with Crippen molar-refractivity contribution in [2.75, 3.05) is 13.2 Å². The minimum atomic E-state index is -1.26. The van der Waals surface area contributed by atoms with Crippen LogP contribution in [0.25, 0.3) is 0 Å². The molecule has 88 valence electrons. The van der Waals surface area contributed by atoms with E-state index >= 15 is 0 Å². The summed E-state index contributed by atoms with van der Waals surface area (Å²) in [4.78, 5) is 21.6. The Hall–Kier alpha value is -1.30. The Balaban J connectivity index is 3.98. The lowest BCUT2D eigenvalue weighted by molar-refractivity contribution is -0.140. The number of amides is 2. The van der Waals surface area contributed by atoms with Gasteiger partial charge in [0.25, 0.3) is 0 Å². The third-order valence-corrected chi connectivity index (χ3v) is 1.57. The van der Waals surface area contributed by atoms with Gasteiger partial charge in [-0.1, -0.05) is 20.8 Å². The van der Waals surface area contributed by atoms with Gasteiger partial charge in [0.15, 0.2) is 6.04 Å². The van der Waals surface area contributed by atoms with Crippen molar-refractivity contribution in [3.63, 3.8) is 0 Å². The molecular weight excluding hydrogens is 200 g/mol. The molecule has 0 aromatic carbocycles. The maximum absolute atomic E-state index is 11.2. The number of carbonyl (C=O) groups is 2. The van der Waals surface area contributed by atoms with Gasteiger partial charge in [-0.15, -0.1) is 0 Å².